The standard InChI is InChI=1S/C28H37N3O2/c1-19(2)27(32)29-25(22-11-6-5-7-12-22)13-14-30-15-23-17-31(18-24(23)16-30)28(33)26-20(3)9-8-10-21(26)4/h5-12,19,23-25H,13-18H2,1-4H3,(H,29,32)/t23-,24?,25?/m0/s1. The molecular weight excluding hydrogens is 410 g/mol. The molecule has 3 atom stereocenters. The van der Waals surface area contributed by atoms with Gasteiger partial charge in [-0.05, 0) is 48.8 Å². The summed E-state index contributed by atoms with van der Waals surface area (Å²) in [6.07, 6.45) is 0.896. The molecule has 2 aromatic carbocycles. The summed E-state index contributed by atoms with van der Waals surface area (Å²) in [6, 6.07) is 16.4. The third kappa shape index (κ3) is 5.30. The van der Waals surface area contributed by atoms with Crippen LogP contribution in [0, 0.1) is 31.6 Å². The zero-order valence-corrected chi connectivity index (χ0v) is 20.4. The van der Waals surface area contributed by atoms with E-state index in [1.165, 1.54) is 0 Å². The number of likely N-dealkylation sites (tertiary alicyclic amines) is 2. The Balaban J connectivity index is 1.34. The minimum Gasteiger partial charge on any atom is -0.349 e. The molecule has 5 heteroatoms. The number of nitrogens with one attached hydrogen (secondary N) is 1. The Morgan fingerprint density at radius 2 is 1.52 bits per heavy atom. The molecule has 176 valence electrons. The monoisotopic (exact) mass is 447 g/mol. The first-order chi connectivity index (χ1) is 15.8. The normalized spacial score (nSPS) is 21.3. The fraction of sp³-hybridized carbons (Fsp3) is 0.500. The molecule has 0 radical (unpaired) electrons. The maximum Gasteiger partial charge on any atom is 0.254 e. The number of hydrogen-bond acceptors (Lipinski definition) is 3. The number of rotatable bonds is 7. The molecule has 33 heavy (non-hydrogen) atoms. The molecule has 0 saturated carbocycles. The quantitative estimate of drug-likeness (QED) is 0.692. The van der Waals surface area contributed by atoms with Crippen LogP contribution in [0.3, 0.4) is 0 Å². The van der Waals surface area contributed by atoms with Crippen molar-refractivity contribution < 1.29 is 9.59 Å². The lowest BCUT2D eigenvalue weighted by atomic mass is 10.0. The van der Waals surface area contributed by atoms with Crippen LogP contribution in [-0.2, 0) is 4.79 Å². The highest BCUT2D eigenvalue weighted by Gasteiger charge is 2.42. The van der Waals surface area contributed by atoms with Crippen molar-refractivity contribution in [2.75, 3.05) is 32.7 Å². The lowest BCUT2D eigenvalue weighted by Crippen LogP contribution is -2.36. The number of aryl methyl sites for hydroxylation is 2. The second-order valence-corrected chi connectivity index (χ2v) is 10.2. The molecule has 0 aliphatic carbocycles. The van der Waals surface area contributed by atoms with Gasteiger partial charge in [0.2, 0.25) is 5.91 Å². The van der Waals surface area contributed by atoms with Gasteiger partial charge in [-0.3, -0.25) is 9.59 Å². The highest BCUT2D eigenvalue weighted by Crippen LogP contribution is 2.33. The molecule has 0 aromatic heterocycles. The van der Waals surface area contributed by atoms with Gasteiger partial charge in [0.1, 0.15) is 0 Å². The van der Waals surface area contributed by atoms with Crippen molar-refractivity contribution in [2.24, 2.45) is 17.8 Å². The third-order valence-corrected chi connectivity index (χ3v) is 7.32. The Labute approximate surface area is 198 Å². The van der Waals surface area contributed by atoms with Gasteiger partial charge in [0.15, 0.2) is 0 Å². The molecule has 2 fully saturated rings. The summed E-state index contributed by atoms with van der Waals surface area (Å²) >= 11 is 0. The number of benzene rings is 2. The number of nitrogens with zero attached hydrogens (tertiary/aromatic N) is 2. The molecule has 2 aliphatic rings. The van der Waals surface area contributed by atoms with E-state index < -0.39 is 0 Å². The Morgan fingerprint density at radius 1 is 0.909 bits per heavy atom. The van der Waals surface area contributed by atoms with Crippen molar-refractivity contribution in [1.29, 1.82) is 0 Å². The van der Waals surface area contributed by atoms with Gasteiger partial charge in [-0.25, -0.2) is 0 Å². The van der Waals surface area contributed by atoms with E-state index in [9.17, 15) is 9.59 Å². The van der Waals surface area contributed by atoms with E-state index in [2.05, 4.69) is 27.2 Å². The second-order valence-electron chi connectivity index (χ2n) is 10.2. The first-order valence-electron chi connectivity index (χ1n) is 12.3. The molecule has 2 aromatic rings. The van der Waals surface area contributed by atoms with E-state index in [1.54, 1.807) is 0 Å². The maximum absolute atomic E-state index is 13.2. The fourth-order valence-electron chi connectivity index (χ4n) is 5.41. The molecule has 0 bridgehead atoms. The molecule has 2 saturated heterocycles. The summed E-state index contributed by atoms with van der Waals surface area (Å²) in [5.74, 6) is 1.34. The van der Waals surface area contributed by atoms with E-state index in [0.29, 0.717) is 11.8 Å². The second kappa shape index (κ2) is 10.1. The molecule has 5 nitrogen and oxygen atoms in total. The summed E-state index contributed by atoms with van der Waals surface area (Å²) in [5.41, 5.74) is 4.17. The van der Waals surface area contributed by atoms with Crippen LogP contribution in [0.4, 0.5) is 0 Å². The van der Waals surface area contributed by atoms with Crippen molar-refractivity contribution >= 4 is 11.8 Å². The third-order valence-electron chi connectivity index (χ3n) is 7.32. The molecule has 2 heterocycles. The molecule has 0 spiro atoms. The van der Waals surface area contributed by atoms with Gasteiger partial charge in [0.05, 0.1) is 6.04 Å². The summed E-state index contributed by atoms with van der Waals surface area (Å²) in [4.78, 5) is 30.2. The van der Waals surface area contributed by atoms with E-state index >= 15 is 0 Å². The molecule has 2 amide bonds. The lowest BCUT2D eigenvalue weighted by Gasteiger charge is -2.25. The topological polar surface area (TPSA) is 52.7 Å². The van der Waals surface area contributed by atoms with Crippen LogP contribution in [0.1, 0.15) is 53.4 Å². The van der Waals surface area contributed by atoms with Gasteiger partial charge in [-0.2, -0.15) is 0 Å². The Bertz CT molecular complexity index is 954. The molecule has 4 rings (SSSR count). The maximum atomic E-state index is 13.2. The Morgan fingerprint density at radius 3 is 2.09 bits per heavy atom. The SMILES string of the molecule is Cc1cccc(C)c1C(=O)N1CC2CN(CCC(NC(=O)C(C)C)c3ccccc3)C[C@H]2C1. The number of fused-ring (bicyclic) bond motifs is 1. The molecule has 2 unspecified atom stereocenters. The van der Waals surface area contributed by atoms with Gasteiger partial charge in [0.25, 0.3) is 5.91 Å². The zero-order valence-electron chi connectivity index (χ0n) is 20.4. The highest BCUT2D eigenvalue weighted by molar-refractivity contribution is 5.97. The van der Waals surface area contributed by atoms with E-state index in [-0.39, 0.29) is 23.8 Å². The smallest absolute Gasteiger partial charge is 0.254 e. The number of hydrogen-bond donors (Lipinski definition) is 1. The minimum absolute atomic E-state index is 0.0252. The number of amides is 2. The summed E-state index contributed by atoms with van der Waals surface area (Å²) in [7, 11) is 0. The van der Waals surface area contributed by atoms with E-state index in [4.69, 9.17) is 0 Å². The van der Waals surface area contributed by atoms with Crippen LogP contribution >= 0.6 is 0 Å². The van der Waals surface area contributed by atoms with Gasteiger partial charge < -0.3 is 15.1 Å². The number of carbonyl (C=O) groups excluding carboxylic acids is 2. The molecule has 1 N–H and O–H groups in total. The minimum atomic E-state index is -0.0252. The van der Waals surface area contributed by atoms with E-state index in [1.807, 2.05) is 64.1 Å². The van der Waals surface area contributed by atoms with Gasteiger partial charge in [-0.1, -0.05) is 62.4 Å². The fourth-order valence-corrected chi connectivity index (χ4v) is 5.41. The highest BCUT2D eigenvalue weighted by atomic mass is 16.2. The van der Waals surface area contributed by atoms with Gasteiger partial charge in [-0.15, -0.1) is 0 Å². The first-order valence-corrected chi connectivity index (χ1v) is 12.3. The zero-order chi connectivity index (χ0) is 23.5. The predicted molar refractivity (Wildman–Crippen MR) is 132 cm³/mol. The summed E-state index contributed by atoms with van der Waals surface area (Å²) < 4.78 is 0. The van der Waals surface area contributed by atoms with Crippen molar-refractivity contribution in [3.63, 3.8) is 0 Å². The molecular formula is C28H37N3O2. The van der Waals surface area contributed by atoms with Crippen molar-refractivity contribution in [3.8, 4) is 0 Å². The van der Waals surface area contributed by atoms with E-state index in [0.717, 1.165) is 61.4 Å². The number of carbonyl (C=O) groups is 2. The van der Waals surface area contributed by atoms with Crippen LogP contribution in [0.25, 0.3) is 0 Å². The van der Waals surface area contributed by atoms with Crippen LogP contribution in [-0.4, -0.2) is 54.3 Å². The van der Waals surface area contributed by atoms with Crippen LogP contribution in [0.5, 0.6) is 0 Å². The largest absolute Gasteiger partial charge is 0.349 e. The summed E-state index contributed by atoms with van der Waals surface area (Å²) in [5, 5.41) is 3.24. The van der Waals surface area contributed by atoms with Crippen LogP contribution in [0.2, 0.25) is 0 Å². The molecule has 2 aliphatic heterocycles. The van der Waals surface area contributed by atoms with Gasteiger partial charge >= 0.3 is 0 Å². The first kappa shape index (κ1) is 23.5. The van der Waals surface area contributed by atoms with Crippen molar-refractivity contribution in [2.45, 2.75) is 40.2 Å². The average molecular weight is 448 g/mol. The van der Waals surface area contributed by atoms with Crippen LogP contribution in [0.15, 0.2) is 48.5 Å². The van der Waals surface area contributed by atoms with Crippen molar-refractivity contribution in [3.05, 3.63) is 70.8 Å². The van der Waals surface area contributed by atoms with Crippen molar-refractivity contribution in [1.82, 2.24) is 15.1 Å². The Kier molecular flexibility index (Phi) is 7.18. The lowest BCUT2D eigenvalue weighted by molar-refractivity contribution is -0.124. The Hall–Kier alpha value is -2.66. The summed E-state index contributed by atoms with van der Waals surface area (Å²) in [6.45, 7) is 12.6. The van der Waals surface area contributed by atoms with Gasteiger partial charge in [0, 0.05) is 44.2 Å². The predicted octanol–water partition coefficient (Wildman–Crippen LogP) is 4.21. The van der Waals surface area contributed by atoms with Crippen LogP contribution < -0.4 is 5.32 Å². The average Bonchev–Trinajstić information content (AvgIpc) is 3.35.